The van der Waals surface area contributed by atoms with Gasteiger partial charge in [-0.3, -0.25) is 0 Å². The second-order valence-corrected chi connectivity index (χ2v) is 4.86. The van der Waals surface area contributed by atoms with E-state index in [1.165, 1.54) is 0 Å². The van der Waals surface area contributed by atoms with Crippen molar-refractivity contribution in [2.24, 2.45) is 0 Å². The van der Waals surface area contributed by atoms with Crippen molar-refractivity contribution in [2.45, 2.75) is 13.8 Å². The Morgan fingerprint density at radius 3 is 2.40 bits per heavy atom. The molecule has 0 saturated carbocycles. The van der Waals surface area contributed by atoms with E-state index in [2.05, 4.69) is 6.07 Å². The largest absolute Gasteiger partial charge is 0.450 e. The topological polar surface area (TPSA) is 39.4 Å². The molecule has 0 spiro atoms. The highest BCUT2D eigenvalue weighted by Crippen LogP contribution is 2.24. The minimum absolute atomic E-state index is 0.203. The molecule has 0 aliphatic heterocycles. The Kier molecular flexibility index (Phi) is 3.03. The van der Waals surface area contributed by atoms with E-state index < -0.39 is 5.63 Å². The Morgan fingerprint density at radius 1 is 0.950 bits per heavy atom. The molecule has 100 valence electrons. The van der Waals surface area contributed by atoms with Gasteiger partial charge in [0.2, 0.25) is 5.75 Å². The van der Waals surface area contributed by atoms with Crippen LogP contribution in [0.1, 0.15) is 11.1 Å². The van der Waals surface area contributed by atoms with Crippen molar-refractivity contribution in [3.8, 4) is 11.5 Å². The van der Waals surface area contributed by atoms with Crippen LogP contribution in [-0.4, -0.2) is 0 Å². The highest BCUT2D eigenvalue weighted by Gasteiger charge is 2.07. The quantitative estimate of drug-likeness (QED) is 0.652. The highest BCUT2D eigenvalue weighted by atomic mass is 16.5. The number of hydrogen-bond acceptors (Lipinski definition) is 3. The maximum Gasteiger partial charge on any atom is 0.379 e. The van der Waals surface area contributed by atoms with E-state index in [4.69, 9.17) is 9.15 Å². The van der Waals surface area contributed by atoms with Crippen LogP contribution in [0.5, 0.6) is 11.5 Å². The number of rotatable bonds is 2. The molecule has 0 bridgehead atoms. The summed E-state index contributed by atoms with van der Waals surface area (Å²) in [4.78, 5) is 11.9. The minimum Gasteiger partial charge on any atom is -0.450 e. The molecule has 0 amide bonds. The van der Waals surface area contributed by atoms with Crippen LogP contribution in [0.4, 0.5) is 0 Å². The Bertz CT molecular complexity index is 811. The lowest BCUT2D eigenvalue weighted by molar-refractivity contribution is 0.437. The van der Waals surface area contributed by atoms with Crippen molar-refractivity contribution in [3.63, 3.8) is 0 Å². The first-order valence-corrected chi connectivity index (χ1v) is 6.41. The van der Waals surface area contributed by atoms with Gasteiger partial charge in [0, 0.05) is 5.39 Å². The first-order valence-electron chi connectivity index (χ1n) is 6.41. The average molecular weight is 266 g/mol. The van der Waals surface area contributed by atoms with Crippen LogP contribution in [0.3, 0.4) is 0 Å². The van der Waals surface area contributed by atoms with Gasteiger partial charge < -0.3 is 9.15 Å². The molecule has 0 saturated heterocycles. The Labute approximate surface area is 116 Å². The molecule has 3 heteroatoms. The van der Waals surface area contributed by atoms with Crippen LogP contribution < -0.4 is 10.4 Å². The van der Waals surface area contributed by atoms with Crippen LogP contribution in [0.25, 0.3) is 11.0 Å². The van der Waals surface area contributed by atoms with Crippen LogP contribution >= 0.6 is 0 Å². The molecular formula is C17H14O3. The summed E-state index contributed by atoms with van der Waals surface area (Å²) in [7, 11) is 0. The molecule has 2 aromatic carbocycles. The molecule has 0 aliphatic rings. The van der Waals surface area contributed by atoms with Crippen LogP contribution in [-0.2, 0) is 0 Å². The van der Waals surface area contributed by atoms with Gasteiger partial charge in [0.05, 0.1) is 0 Å². The number of fused-ring (bicyclic) bond motifs is 1. The van der Waals surface area contributed by atoms with Gasteiger partial charge in [-0.05, 0) is 49.2 Å². The van der Waals surface area contributed by atoms with Gasteiger partial charge in [0.1, 0.15) is 11.3 Å². The number of para-hydroxylation sites is 1. The number of hydrogen-bond donors (Lipinski definition) is 0. The molecule has 3 aromatic rings. The SMILES string of the molecule is Cc1cc(C)cc(Oc2cc3ccccc3oc2=O)c1. The molecule has 0 radical (unpaired) electrons. The lowest BCUT2D eigenvalue weighted by atomic mass is 10.1. The molecule has 1 heterocycles. The monoisotopic (exact) mass is 266 g/mol. The van der Waals surface area contributed by atoms with E-state index in [1.54, 1.807) is 12.1 Å². The van der Waals surface area contributed by atoms with Gasteiger partial charge in [0.25, 0.3) is 0 Å². The fourth-order valence-corrected chi connectivity index (χ4v) is 2.23. The lowest BCUT2D eigenvalue weighted by Crippen LogP contribution is -2.03. The maximum atomic E-state index is 11.9. The summed E-state index contributed by atoms with van der Waals surface area (Å²) in [6, 6.07) is 14.9. The summed E-state index contributed by atoms with van der Waals surface area (Å²) in [5.74, 6) is 0.846. The molecule has 20 heavy (non-hydrogen) atoms. The zero-order chi connectivity index (χ0) is 14.1. The molecule has 0 atom stereocenters. The Morgan fingerprint density at radius 2 is 1.65 bits per heavy atom. The summed E-state index contributed by atoms with van der Waals surface area (Å²) < 4.78 is 10.9. The predicted octanol–water partition coefficient (Wildman–Crippen LogP) is 4.20. The third-order valence-corrected chi connectivity index (χ3v) is 3.03. The second-order valence-electron chi connectivity index (χ2n) is 4.86. The van der Waals surface area contributed by atoms with Crippen molar-refractivity contribution in [3.05, 3.63) is 70.1 Å². The summed E-state index contributed by atoms with van der Waals surface area (Å²) in [6.07, 6.45) is 0. The van der Waals surface area contributed by atoms with E-state index in [0.717, 1.165) is 16.5 Å². The Hall–Kier alpha value is -2.55. The van der Waals surface area contributed by atoms with Crippen molar-refractivity contribution in [1.82, 2.24) is 0 Å². The third kappa shape index (κ3) is 2.43. The fourth-order valence-electron chi connectivity index (χ4n) is 2.23. The smallest absolute Gasteiger partial charge is 0.379 e. The third-order valence-electron chi connectivity index (χ3n) is 3.03. The van der Waals surface area contributed by atoms with E-state index in [9.17, 15) is 4.79 Å². The molecular weight excluding hydrogens is 252 g/mol. The molecule has 0 N–H and O–H groups in total. The van der Waals surface area contributed by atoms with Crippen LogP contribution in [0, 0.1) is 13.8 Å². The fraction of sp³-hybridized carbons (Fsp3) is 0.118. The van der Waals surface area contributed by atoms with Crippen molar-refractivity contribution >= 4 is 11.0 Å². The maximum absolute atomic E-state index is 11.9. The number of benzene rings is 2. The van der Waals surface area contributed by atoms with Crippen molar-refractivity contribution in [1.29, 1.82) is 0 Å². The standard InChI is InChI=1S/C17H14O3/c1-11-7-12(2)9-14(8-11)19-16-10-13-5-3-4-6-15(13)20-17(16)18/h3-10H,1-2H3. The zero-order valence-electron chi connectivity index (χ0n) is 11.3. The van der Waals surface area contributed by atoms with Crippen LogP contribution in [0.2, 0.25) is 0 Å². The molecule has 0 aliphatic carbocycles. The summed E-state index contributed by atoms with van der Waals surface area (Å²) in [6.45, 7) is 3.98. The van der Waals surface area contributed by atoms with Gasteiger partial charge in [-0.1, -0.05) is 24.3 Å². The molecule has 3 rings (SSSR count). The first-order chi connectivity index (χ1) is 9.61. The van der Waals surface area contributed by atoms with E-state index in [1.807, 2.05) is 44.2 Å². The molecule has 3 nitrogen and oxygen atoms in total. The molecule has 0 unspecified atom stereocenters. The van der Waals surface area contributed by atoms with E-state index in [0.29, 0.717) is 11.3 Å². The Balaban J connectivity index is 2.06. The van der Waals surface area contributed by atoms with Crippen molar-refractivity contribution in [2.75, 3.05) is 0 Å². The first kappa shape index (κ1) is 12.5. The van der Waals surface area contributed by atoms with E-state index >= 15 is 0 Å². The second kappa shape index (κ2) is 4.85. The summed E-state index contributed by atoms with van der Waals surface area (Å²) in [5.41, 5.74) is 2.27. The van der Waals surface area contributed by atoms with Gasteiger partial charge in [-0.15, -0.1) is 0 Å². The number of aryl methyl sites for hydroxylation is 2. The lowest BCUT2D eigenvalue weighted by Gasteiger charge is -2.07. The van der Waals surface area contributed by atoms with Gasteiger partial charge in [-0.2, -0.15) is 0 Å². The van der Waals surface area contributed by atoms with Gasteiger partial charge in [0.15, 0.2) is 0 Å². The molecule has 1 aromatic heterocycles. The molecule has 0 fully saturated rings. The van der Waals surface area contributed by atoms with Gasteiger partial charge >= 0.3 is 5.63 Å². The zero-order valence-corrected chi connectivity index (χ0v) is 11.3. The van der Waals surface area contributed by atoms with Gasteiger partial charge in [-0.25, -0.2) is 4.79 Å². The summed E-state index contributed by atoms with van der Waals surface area (Å²) >= 11 is 0. The van der Waals surface area contributed by atoms with Crippen LogP contribution in [0.15, 0.2) is 57.7 Å². The predicted molar refractivity (Wildman–Crippen MR) is 78.5 cm³/mol. The highest BCUT2D eigenvalue weighted by molar-refractivity contribution is 5.77. The average Bonchev–Trinajstić information content (AvgIpc) is 2.38. The number of ether oxygens (including phenoxy) is 1. The van der Waals surface area contributed by atoms with Crippen molar-refractivity contribution < 1.29 is 9.15 Å². The normalized spacial score (nSPS) is 10.7. The summed E-state index contributed by atoms with van der Waals surface area (Å²) in [5, 5.41) is 0.839. The minimum atomic E-state index is -0.470. The van der Waals surface area contributed by atoms with E-state index in [-0.39, 0.29) is 5.75 Å².